The lowest BCUT2D eigenvalue weighted by atomic mass is 9.84. The second kappa shape index (κ2) is 3.78. The first kappa shape index (κ1) is 10.0. The summed E-state index contributed by atoms with van der Waals surface area (Å²) in [5.41, 5.74) is 0.585. The van der Waals surface area contributed by atoms with Gasteiger partial charge < -0.3 is 5.32 Å². The summed E-state index contributed by atoms with van der Waals surface area (Å²) in [6.45, 7) is 10.4. The minimum atomic E-state index is 0.585. The highest BCUT2D eigenvalue weighted by Crippen LogP contribution is 2.46. The summed E-state index contributed by atoms with van der Waals surface area (Å²) in [5, 5.41) is 3.48. The van der Waals surface area contributed by atoms with Gasteiger partial charge in [-0.25, -0.2) is 0 Å². The molecule has 12 heavy (non-hydrogen) atoms. The third-order valence-corrected chi connectivity index (χ3v) is 3.00. The van der Waals surface area contributed by atoms with Crippen LogP contribution in [-0.4, -0.2) is 12.6 Å². The van der Waals surface area contributed by atoms with Crippen molar-refractivity contribution in [2.24, 2.45) is 11.3 Å². The van der Waals surface area contributed by atoms with Crippen molar-refractivity contribution in [3.05, 3.63) is 0 Å². The quantitative estimate of drug-likeness (QED) is 0.667. The molecule has 1 aliphatic carbocycles. The van der Waals surface area contributed by atoms with E-state index in [0.717, 1.165) is 5.92 Å². The number of hydrogen-bond donors (Lipinski definition) is 1. The Balaban J connectivity index is 2.12. The Bertz CT molecular complexity index is 134. The van der Waals surface area contributed by atoms with Gasteiger partial charge in [0, 0.05) is 6.04 Å². The van der Waals surface area contributed by atoms with Crippen molar-refractivity contribution < 1.29 is 0 Å². The first-order valence-corrected chi connectivity index (χ1v) is 5.26. The summed E-state index contributed by atoms with van der Waals surface area (Å²) in [4.78, 5) is 0. The molecule has 0 bridgehead atoms. The lowest BCUT2D eigenvalue weighted by Gasteiger charge is -2.24. The van der Waals surface area contributed by atoms with Crippen LogP contribution in [0.25, 0.3) is 0 Å². The van der Waals surface area contributed by atoms with Gasteiger partial charge >= 0.3 is 0 Å². The van der Waals surface area contributed by atoms with Crippen LogP contribution in [0.15, 0.2) is 0 Å². The van der Waals surface area contributed by atoms with Crippen LogP contribution in [0.1, 0.15) is 47.0 Å². The highest BCUT2D eigenvalue weighted by atomic mass is 14.9. The van der Waals surface area contributed by atoms with E-state index in [1.165, 1.54) is 25.8 Å². The lowest BCUT2D eigenvalue weighted by Crippen LogP contribution is -2.28. The van der Waals surface area contributed by atoms with Crippen LogP contribution < -0.4 is 5.32 Å². The molecular formula is C11H23N. The van der Waals surface area contributed by atoms with Gasteiger partial charge in [-0.1, -0.05) is 27.7 Å². The standard InChI is InChI=1S/C11H23N/c1-9(2)12-8-7-11(3,4)10-5-6-10/h9-10,12H,5-8H2,1-4H3. The van der Waals surface area contributed by atoms with Gasteiger partial charge in [-0.15, -0.1) is 0 Å². The fourth-order valence-electron chi connectivity index (χ4n) is 1.75. The Hall–Kier alpha value is -0.0400. The molecule has 1 heteroatoms. The maximum Gasteiger partial charge on any atom is 0.00103 e. The average Bonchev–Trinajstić information content (AvgIpc) is 2.65. The molecule has 1 saturated carbocycles. The van der Waals surface area contributed by atoms with E-state index < -0.39 is 0 Å². The number of hydrogen-bond acceptors (Lipinski definition) is 1. The van der Waals surface area contributed by atoms with E-state index in [-0.39, 0.29) is 0 Å². The fraction of sp³-hybridized carbons (Fsp3) is 1.00. The minimum Gasteiger partial charge on any atom is -0.315 e. The summed E-state index contributed by atoms with van der Waals surface area (Å²) < 4.78 is 0. The Kier molecular flexibility index (Phi) is 3.16. The molecular weight excluding hydrogens is 146 g/mol. The molecule has 72 valence electrons. The van der Waals surface area contributed by atoms with E-state index in [9.17, 15) is 0 Å². The zero-order valence-corrected chi connectivity index (χ0v) is 8.98. The molecule has 0 radical (unpaired) electrons. The highest BCUT2D eigenvalue weighted by Gasteiger charge is 2.36. The monoisotopic (exact) mass is 169 g/mol. The molecule has 1 N–H and O–H groups in total. The summed E-state index contributed by atoms with van der Waals surface area (Å²) >= 11 is 0. The van der Waals surface area contributed by atoms with E-state index in [1.807, 2.05) is 0 Å². The van der Waals surface area contributed by atoms with E-state index >= 15 is 0 Å². The normalized spacial score (nSPS) is 18.8. The Labute approximate surface area is 76.9 Å². The van der Waals surface area contributed by atoms with Crippen molar-refractivity contribution >= 4 is 0 Å². The van der Waals surface area contributed by atoms with Crippen molar-refractivity contribution in [2.45, 2.75) is 53.0 Å². The fourth-order valence-corrected chi connectivity index (χ4v) is 1.75. The summed E-state index contributed by atoms with van der Waals surface area (Å²) in [7, 11) is 0. The molecule has 0 spiro atoms. The zero-order chi connectivity index (χ0) is 9.19. The van der Waals surface area contributed by atoms with Gasteiger partial charge in [0.15, 0.2) is 0 Å². The molecule has 0 aromatic rings. The van der Waals surface area contributed by atoms with Gasteiger partial charge in [0.2, 0.25) is 0 Å². The summed E-state index contributed by atoms with van der Waals surface area (Å²) in [6.07, 6.45) is 4.26. The minimum absolute atomic E-state index is 0.585. The zero-order valence-electron chi connectivity index (χ0n) is 8.98. The maximum absolute atomic E-state index is 3.48. The van der Waals surface area contributed by atoms with Crippen LogP contribution in [0.5, 0.6) is 0 Å². The van der Waals surface area contributed by atoms with Crippen LogP contribution in [0.2, 0.25) is 0 Å². The smallest absolute Gasteiger partial charge is 0.00103 e. The van der Waals surface area contributed by atoms with Crippen LogP contribution in [0.4, 0.5) is 0 Å². The predicted molar refractivity (Wildman–Crippen MR) is 54.3 cm³/mol. The number of rotatable bonds is 5. The van der Waals surface area contributed by atoms with Gasteiger partial charge in [-0.05, 0) is 37.1 Å². The molecule has 0 atom stereocenters. The van der Waals surface area contributed by atoms with Crippen LogP contribution in [-0.2, 0) is 0 Å². The Morgan fingerprint density at radius 3 is 2.33 bits per heavy atom. The van der Waals surface area contributed by atoms with Crippen LogP contribution >= 0.6 is 0 Å². The highest BCUT2D eigenvalue weighted by molar-refractivity contribution is 4.88. The molecule has 0 aromatic heterocycles. The summed E-state index contributed by atoms with van der Waals surface area (Å²) in [6, 6.07) is 0.639. The van der Waals surface area contributed by atoms with E-state index in [0.29, 0.717) is 11.5 Å². The molecule has 0 amide bonds. The summed E-state index contributed by atoms with van der Waals surface area (Å²) in [5.74, 6) is 1.02. The second-order valence-electron chi connectivity index (χ2n) is 5.12. The van der Waals surface area contributed by atoms with Crippen molar-refractivity contribution in [3.8, 4) is 0 Å². The third kappa shape index (κ3) is 3.14. The molecule has 1 fully saturated rings. The van der Waals surface area contributed by atoms with Crippen molar-refractivity contribution in [3.63, 3.8) is 0 Å². The topological polar surface area (TPSA) is 12.0 Å². The molecule has 0 heterocycles. The molecule has 0 aliphatic heterocycles. The SMILES string of the molecule is CC(C)NCCC(C)(C)C1CC1. The number of nitrogens with one attached hydrogen (secondary N) is 1. The van der Waals surface area contributed by atoms with Crippen molar-refractivity contribution in [1.82, 2.24) is 5.32 Å². The van der Waals surface area contributed by atoms with Crippen LogP contribution in [0.3, 0.4) is 0 Å². The Morgan fingerprint density at radius 1 is 1.33 bits per heavy atom. The van der Waals surface area contributed by atoms with E-state index in [1.54, 1.807) is 0 Å². The first-order valence-electron chi connectivity index (χ1n) is 5.26. The predicted octanol–water partition coefficient (Wildman–Crippen LogP) is 2.81. The second-order valence-corrected chi connectivity index (χ2v) is 5.12. The van der Waals surface area contributed by atoms with E-state index in [2.05, 4.69) is 33.0 Å². The van der Waals surface area contributed by atoms with Crippen molar-refractivity contribution in [1.29, 1.82) is 0 Å². The maximum atomic E-state index is 3.48. The van der Waals surface area contributed by atoms with Gasteiger partial charge in [0.25, 0.3) is 0 Å². The van der Waals surface area contributed by atoms with Gasteiger partial charge in [-0.3, -0.25) is 0 Å². The average molecular weight is 169 g/mol. The van der Waals surface area contributed by atoms with Gasteiger partial charge in [0.1, 0.15) is 0 Å². The molecule has 0 unspecified atom stereocenters. The van der Waals surface area contributed by atoms with Crippen LogP contribution in [0, 0.1) is 11.3 Å². The van der Waals surface area contributed by atoms with Gasteiger partial charge in [0.05, 0.1) is 0 Å². The molecule has 0 saturated heterocycles. The largest absolute Gasteiger partial charge is 0.315 e. The molecule has 1 nitrogen and oxygen atoms in total. The molecule has 1 aliphatic rings. The molecule has 0 aromatic carbocycles. The third-order valence-electron chi connectivity index (χ3n) is 3.00. The van der Waals surface area contributed by atoms with Gasteiger partial charge in [-0.2, -0.15) is 0 Å². The first-order chi connectivity index (χ1) is 5.52. The van der Waals surface area contributed by atoms with E-state index in [4.69, 9.17) is 0 Å². The Morgan fingerprint density at radius 2 is 1.92 bits per heavy atom. The lowest BCUT2D eigenvalue weighted by molar-refractivity contribution is 0.276. The van der Waals surface area contributed by atoms with Crippen molar-refractivity contribution in [2.75, 3.05) is 6.54 Å². The molecule has 1 rings (SSSR count).